The number of rotatable bonds is 6. The second-order valence-electron chi connectivity index (χ2n) is 5.58. The van der Waals surface area contributed by atoms with Crippen molar-refractivity contribution in [3.8, 4) is 0 Å². The first-order chi connectivity index (χ1) is 7.76. The molecule has 0 aliphatic heterocycles. The van der Waals surface area contributed by atoms with Crippen LogP contribution in [-0.2, 0) is 9.53 Å². The minimum atomic E-state index is -0.434. The Bertz CT molecular complexity index is 261. The van der Waals surface area contributed by atoms with Crippen molar-refractivity contribution in [2.45, 2.75) is 59.5 Å². The quantitative estimate of drug-likeness (QED) is 0.575. The van der Waals surface area contributed by atoms with E-state index in [1.54, 1.807) is 6.92 Å². The van der Waals surface area contributed by atoms with Gasteiger partial charge in [0.1, 0.15) is 5.60 Å². The molecule has 0 radical (unpaired) electrons. The van der Waals surface area contributed by atoms with Gasteiger partial charge in [0, 0.05) is 12.2 Å². The van der Waals surface area contributed by atoms with Gasteiger partial charge in [-0.2, -0.15) is 0 Å². The van der Waals surface area contributed by atoms with Crippen LogP contribution in [-0.4, -0.2) is 23.3 Å². The molecule has 0 aliphatic rings. The van der Waals surface area contributed by atoms with Gasteiger partial charge in [-0.1, -0.05) is 13.0 Å². The summed E-state index contributed by atoms with van der Waals surface area (Å²) < 4.78 is 5.26. The van der Waals surface area contributed by atoms with Crippen LogP contribution in [0, 0.1) is 5.92 Å². The zero-order valence-electron chi connectivity index (χ0n) is 11.7. The van der Waals surface area contributed by atoms with Crippen LogP contribution in [0.15, 0.2) is 11.6 Å². The average molecular weight is 242 g/mol. The summed E-state index contributed by atoms with van der Waals surface area (Å²) in [6, 6.07) is 0. The van der Waals surface area contributed by atoms with Crippen molar-refractivity contribution < 1.29 is 14.6 Å². The number of hydrogen-bond donors (Lipinski definition) is 1. The molecule has 0 fully saturated rings. The minimum Gasteiger partial charge on any atom is -0.457 e. The molecule has 100 valence electrons. The van der Waals surface area contributed by atoms with Crippen molar-refractivity contribution in [1.82, 2.24) is 0 Å². The Balaban J connectivity index is 4.05. The predicted molar refractivity (Wildman–Crippen MR) is 69.7 cm³/mol. The number of hydrogen-bond acceptors (Lipinski definition) is 3. The Morgan fingerprint density at radius 1 is 1.35 bits per heavy atom. The summed E-state index contributed by atoms with van der Waals surface area (Å²) in [6.07, 6.45) is 4.58. The van der Waals surface area contributed by atoms with Gasteiger partial charge >= 0.3 is 5.97 Å². The van der Waals surface area contributed by atoms with E-state index >= 15 is 0 Å². The minimum absolute atomic E-state index is 0.232. The van der Waals surface area contributed by atoms with E-state index in [1.165, 1.54) is 0 Å². The Kier molecular flexibility index (Phi) is 7.12. The van der Waals surface area contributed by atoms with Gasteiger partial charge in [0.2, 0.25) is 0 Å². The maximum absolute atomic E-state index is 11.6. The smallest absolute Gasteiger partial charge is 0.333 e. The largest absolute Gasteiger partial charge is 0.457 e. The summed E-state index contributed by atoms with van der Waals surface area (Å²) in [5.74, 6) is 0.245. The third-order valence-corrected chi connectivity index (χ3v) is 2.45. The monoisotopic (exact) mass is 242 g/mol. The highest BCUT2D eigenvalue weighted by Gasteiger charge is 2.17. The van der Waals surface area contributed by atoms with Crippen LogP contribution in [0.1, 0.15) is 53.9 Å². The second kappa shape index (κ2) is 7.49. The lowest BCUT2D eigenvalue weighted by atomic mass is 10.0. The fourth-order valence-electron chi connectivity index (χ4n) is 1.39. The first-order valence-corrected chi connectivity index (χ1v) is 6.27. The van der Waals surface area contributed by atoms with E-state index in [9.17, 15) is 4.79 Å². The summed E-state index contributed by atoms with van der Waals surface area (Å²) in [6.45, 7) is 9.71. The van der Waals surface area contributed by atoms with Crippen molar-refractivity contribution >= 4 is 5.97 Å². The van der Waals surface area contributed by atoms with Gasteiger partial charge in [0.25, 0.3) is 0 Å². The van der Waals surface area contributed by atoms with Crippen molar-refractivity contribution in [1.29, 1.82) is 0 Å². The van der Waals surface area contributed by atoms with Gasteiger partial charge in [-0.15, -0.1) is 0 Å². The molecule has 17 heavy (non-hydrogen) atoms. The first-order valence-electron chi connectivity index (χ1n) is 6.27. The van der Waals surface area contributed by atoms with Crippen LogP contribution in [0.3, 0.4) is 0 Å². The lowest BCUT2D eigenvalue weighted by Crippen LogP contribution is -2.24. The van der Waals surface area contributed by atoms with E-state index in [2.05, 4.69) is 6.92 Å². The highest BCUT2D eigenvalue weighted by molar-refractivity contribution is 5.87. The van der Waals surface area contributed by atoms with Gasteiger partial charge in [-0.05, 0) is 52.9 Å². The molecular weight excluding hydrogens is 216 g/mol. The molecule has 0 aromatic heterocycles. The van der Waals surface area contributed by atoms with Gasteiger partial charge in [-0.3, -0.25) is 0 Å². The lowest BCUT2D eigenvalue weighted by Gasteiger charge is -2.19. The molecule has 0 bridgehead atoms. The molecule has 0 aromatic carbocycles. The molecule has 0 amide bonds. The van der Waals surface area contributed by atoms with Crippen LogP contribution < -0.4 is 0 Å². The van der Waals surface area contributed by atoms with Gasteiger partial charge < -0.3 is 9.84 Å². The molecule has 1 N–H and O–H groups in total. The van der Waals surface area contributed by atoms with Crippen LogP contribution in [0.2, 0.25) is 0 Å². The number of carbonyl (C=O) groups is 1. The number of esters is 1. The van der Waals surface area contributed by atoms with E-state index in [0.29, 0.717) is 11.5 Å². The molecule has 0 rings (SSSR count). The van der Waals surface area contributed by atoms with Gasteiger partial charge in [0.05, 0.1) is 0 Å². The molecule has 0 aliphatic carbocycles. The topological polar surface area (TPSA) is 46.5 Å². The summed E-state index contributed by atoms with van der Waals surface area (Å²) in [7, 11) is 0. The Morgan fingerprint density at radius 2 is 1.94 bits per heavy atom. The van der Waals surface area contributed by atoms with E-state index < -0.39 is 5.60 Å². The van der Waals surface area contributed by atoms with Crippen LogP contribution in [0.5, 0.6) is 0 Å². The van der Waals surface area contributed by atoms with E-state index in [1.807, 2.05) is 26.8 Å². The number of aliphatic hydroxyl groups is 1. The maximum Gasteiger partial charge on any atom is 0.333 e. The SMILES string of the molecule is C/C(=C\CC[C@H](C)CCO)C(=O)OC(C)(C)C. The first kappa shape index (κ1) is 16.2. The summed E-state index contributed by atoms with van der Waals surface area (Å²) in [5.41, 5.74) is 0.229. The number of aliphatic hydroxyl groups excluding tert-OH is 1. The molecular formula is C14H26O3. The number of allylic oxidation sites excluding steroid dienone is 1. The van der Waals surface area contributed by atoms with Crippen molar-refractivity contribution in [3.63, 3.8) is 0 Å². The maximum atomic E-state index is 11.6. The normalized spacial score (nSPS) is 14.6. The van der Waals surface area contributed by atoms with Gasteiger partial charge in [-0.25, -0.2) is 4.79 Å². The molecule has 0 unspecified atom stereocenters. The summed E-state index contributed by atoms with van der Waals surface area (Å²) >= 11 is 0. The van der Waals surface area contributed by atoms with Crippen molar-refractivity contribution in [2.24, 2.45) is 5.92 Å². The highest BCUT2D eigenvalue weighted by atomic mass is 16.6. The molecule has 3 nitrogen and oxygen atoms in total. The molecule has 0 saturated heterocycles. The van der Waals surface area contributed by atoms with Crippen molar-refractivity contribution in [3.05, 3.63) is 11.6 Å². The number of ether oxygens (including phenoxy) is 1. The third-order valence-electron chi connectivity index (χ3n) is 2.45. The Hall–Kier alpha value is -0.830. The standard InChI is InChI=1S/C14H26O3/c1-11(9-10-15)7-6-8-12(2)13(16)17-14(3,4)5/h8,11,15H,6-7,9-10H2,1-5H3/b12-8+/t11-/m0/s1. The zero-order chi connectivity index (χ0) is 13.5. The Morgan fingerprint density at radius 3 is 2.41 bits per heavy atom. The van der Waals surface area contributed by atoms with E-state index in [0.717, 1.165) is 19.3 Å². The molecule has 0 saturated carbocycles. The molecule has 0 spiro atoms. The third kappa shape index (κ3) is 8.93. The van der Waals surface area contributed by atoms with Crippen LogP contribution in [0.25, 0.3) is 0 Å². The molecule has 3 heteroatoms. The average Bonchev–Trinajstić information content (AvgIpc) is 2.15. The van der Waals surface area contributed by atoms with Gasteiger partial charge in [0.15, 0.2) is 0 Å². The highest BCUT2D eigenvalue weighted by Crippen LogP contribution is 2.14. The van der Waals surface area contributed by atoms with E-state index in [4.69, 9.17) is 9.84 Å². The fourth-order valence-corrected chi connectivity index (χ4v) is 1.39. The predicted octanol–water partition coefficient (Wildman–Crippen LogP) is 3.07. The zero-order valence-corrected chi connectivity index (χ0v) is 11.7. The second-order valence-corrected chi connectivity index (χ2v) is 5.58. The van der Waals surface area contributed by atoms with E-state index in [-0.39, 0.29) is 12.6 Å². The lowest BCUT2D eigenvalue weighted by molar-refractivity contribution is -0.149. The Labute approximate surface area is 105 Å². The molecule has 0 heterocycles. The van der Waals surface area contributed by atoms with Crippen molar-refractivity contribution in [2.75, 3.05) is 6.61 Å². The summed E-state index contributed by atoms with van der Waals surface area (Å²) in [5, 5.41) is 8.77. The van der Waals surface area contributed by atoms with Crippen LogP contribution in [0.4, 0.5) is 0 Å². The number of carbonyl (C=O) groups excluding carboxylic acids is 1. The van der Waals surface area contributed by atoms with Crippen LogP contribution >= 0.6 is 0 Å². The molecule has 1 atom stereocenters. The summed E-state index contributed by atoms with van der Waals surface area (Å²) in [4.78, 5) is 11.6. The fraction of sp³-hybridized carbons (Fsp3) is 0.786. The molecule has 0 aromatic rings.